The Balaban J connectivity index is 1.64. The van der Waals surface area contributed by atoms with Crippen molar-refractivity contribution in [2.75, 3.05) is 0 Å². The highest BCUT2D eigenvalue weighted by molar-refractivity contribution is 6.31. The molecule has 3 nitrogen and oxygen atoms in total. The monoisotopic (exact) mass is 421 g/mol. The van der Waals surface area contributed by atoms with E-state index in [-0.39, 0.29) is 17.4 Å². The lowest BCUT2D eigenvalue weighted by Crippen LogP contribution is -2.26. The summed E-state index contributed by atoms with van der Waals surface area (Å²) in [5.41, 5.74) is 3.91. The molecule has 0 saturated carbocycles. The molecule has 156 valence electrons. The van der Waals surface area contributed by atoms with E-state index in [1.54, 1.807) is 12.1 Å². The first-order valence-corrected chi connectivity index (χ1v) is 10.5. The third-order valence-electron chi connectivity index (χ3n) is 5.07. The number of amides is 1. The van der Waals surface area contributed by atoms with Crippen LogP contribution < -0.4 is 10.1 Å². The summed E-state index contributed by atoms with van der Waals surface area (Å²) in [5.74, 6) is 0.496. The van der Waals surface area contributed by atoms with Crippen LogP contribution in [0.15, 0.2) is 72.8 Å². The molecule has 4 heteroatoms. The molecule has 0 aliphatic carbocycles. The van der Waals surface area contributed by atoms with Gasteiger partial charge in [0.25, 0.3) is 5.91 Å². The van der Waals surface area contributed by atoms with Crippen molar-refractivity contribution in [1.82, 2.24) is 5.32 Å². The molecule has 0 saturated heterocycles. The van der Waals surface area contributed by atoms with Gasteiger partial charge in [0, 0.05) is 16.1 Å². The van der Waals surface area contributed by atoms with E-state index in [1.807, 2.05) is 43.3 Å². The predicted octanol–water partition coefficient (Wildman–Crippen LogP) is 6.71. The molecule has 1 N–H and O–H groups in total. The van der Waals surface area contributed by atoms with Gasteiger partial charge in [-0.15, -0.1) is 0 Å². The Labute approximate surface area is 184 Å². The van der Waals surface area contributed by atoms with Crippen LogP contribution in [0.1, 0.15) is 60.8 Å². The van der Waals surface area contributed by atoms with Crippen molar-refractivity contribution < 1.29 is 9.53 Å². The number of nitrogens with one attached hydrogen (secondary N) is 1. The number of halogens is 1. The highest BCUT2D eigenvalue weighted by Crippen LogP contribution is 2.24. The number of hydrogen-bond acceptors (Lipinski definition) is 2. The first-order valence-electron chi connectivity index (χ1n) is 10.1. The summed E-state index contributed by atoms with van der Waals surface area (Å²) in [7, 11) is 0. The van der Waals surface area contributed by atoms with Gasteiger partial charge in [-0.2, -0.15) is 0 Å². The van der Waals surface area contributed by atoms with Crippen LogP contribution in [0, 0.1) is 0 Å². The fourth-order valence-electron chi connectivity index (χ4n) is 3.14. The highest BCUT2D eigenvalue weighted by atomic mass is 35.5. The number of ether oxygens (including phenoxy) is 1. The van der Waals surface area contributed by atoms with Gasteiger partial charge < -0.3 is 10.1 Å². The second-order valence-corrected chi connectivity index (χ2v) is 8.88. The van der Waals surface area contributed by atoms with E-state index < -0.39 is 0 Å². The molecule has 0 aromatic heterocycles. The second kappa shape index (κ2) is 9.36. The third kappa shape index (κ3) is 5.64. The number of benzene rings is 3. The smallest absolute Gasteiger partial charge is 0.251 e. The minimum Gasteiger partial charge on any atom is -0.489 e. The fourth-order valence-corrected chi connectivity index (χ4v) is 3.33. The van der Waals surface area contributed by atoms with Gasteiger partial charge in [-0.05, 0) is 47.7 Å². The number of carbonyl (C=O) groups excluding carboxylic acids is 1. The van der Waals surface area contributed by atoms with Crippen molar-refractivity contribution in [3.63, 3.8) is 0 Å². The first kappa shape index (κ1) is 21.9. The van der Waals surface area contributed by atoms with E-state index in [0.717, 1.165) is 11.1 Å². The molecule has 0 heterocycles. The van der Waals surface area contributed by atoms with E-state index in [1.165, 1.54) is 5.56 Å². The average Bonchev–Trinajstić information content (AvgIpc) is 2.73. The quantitative estimate of drug-likeness (QED) is 0.480. The van der Waals surface area contributed by atoms with E-state index in [2.05, 4.69) is 50.4 Å². The standard InChI is InChI=1S/C26H28ClNO2/c1-18(19-12-14-22(15-13-19)26(2,3)4)28-25(29)20-9-7-10-23(16-20)30-17-21-8-5-6-11-24(21)27/h5-16,18H,17H2,1-4H3,(H,28,29)/t18-/m1/s1. The number of rotatable bonds is 6. The molecular weight excluding hydrogens is 394 g/mol. The maximum atomic E-state index is 12.7. The lowest BCUT2D eigenvalue weighted by molar-refractivity contribution is 0.0939. The maximum Gasteiger partial charge on any atom is 0.251 e. The summed E-state index contributed by atoms with van der Waals surface area (Å²) >= 11 is 6.18. The number of hydrogen-bond donors (Lipinski definition) is 1. The molecule has 3 aromatic rings. The lowest BCUT2D eigenvalue weighted by atomic mass is 9.86. The Hall–Kier alpha value is -2.78. The molecule has 0 aliphatic heterocycles. The van der Waals surface area contributed by atoms with Crippen molar-refractivity contribution >= 4 is 17.5 Å². The van der Waals surface area contributed by atoms with Gasteiger partial charge in [0.15, 0.2) is 0 Å². The van der Waals surface area contributed by atoms with Crippen LogP contribution in [0.3, 0.4) is 0 Å². The van der Waals surface area contributed by atoms with Crippen LogP contribution in [0.5, 0.6) is 5.75 Å². The summed E-state index contributed by atoms with van der Waals surface area (Å²) in [6.07, 6.45) is 0. The Morgan fingerprint density at radius 3 is 2.37 bits per heavy atom. The lowest BCUT2D eigenvalue weighted by Gasteiger charge is -2.21. The SMILES string of the molecule is C[C@@H](NC(=O)c1cccc(OCc2ccccc2Cl)c1)c1ccc(C(C)(C)C)cc1. The Morgan fingerprint density at radius 1 is 1.00 bits per heavy atom. The van der Waals surface area contributed by atoms with Gasteiger partial charge in [0.05, 0.1) is 6.04 Å². The van der Waals surface area contributed by atoms with Crippen molar-refractivity contribution in [2.24, 2.45) is 0 Å². The van der Waals surface area contributed by atoms with Gasteiger partial charge in [-0.3, -0.25) is 4.79 Å². The summed E-state index contributed by atoms with van der Waals surface area (Å²) in [5, 5.41) is 3.73. The molecule has 3 rings (SSSR count). The Morgan fingerprint density at radius 2 is 1.70 bits per heavy atom. The zero-order valence-corrected chi connectivity index (χ0v) is 18.7. The average molecular weight is 422 g/mol. The van der Waals surface area contributed by atoms with Crippen molar-refractivity contribution in [3.8, 4) is 5.75 Å². The molecule has 0 fully saturated rings. The minimum atomic E-state index is -0.134. The fraction of sp³-hybridized carbons (Fsp3) is 0.269. The van der Waals surface area contributed by atoms with Crippen LogP contribution in [-0.2, 0) is 12.0 Å². The van der Waals surface area contributed by atoms with E-state index >= 15 is 0 Å². The molecule has 0 spiro atoms. The molecule has 30 heavy (non-hydrogen) atoms. The number of carbonyl (C=O) groups is 1. The molecule has 1 amide bonds. The zero-order valence-electron chi connectivity index (χ0n) is 17.9. The third-order valence-corrected chi connectivity index (χ3v) is 5.44. The van der Waals surface area contributed by atoms with Crippen LogP contribution >= 0.6 is 11.6 Å². The molecular formula is C26H28ClNO2. The van der Waals surface area contributed by atoms with Gasteiger partial charge in [-0.1, -0.05) is 80.9 Å². The van der Waals surface area contributed by atoms with Crippen molar-refractivity contribution in [2.45, 2.75) is 45.8 Å². The van der Waals surface area contributed by atoms with Gasteiger partial charge in [-0.25, -0.2) is 0 Å². The van der Waals surface area contributed by atoms with E-state index in [4.69, 9.17) is 16.3 Å². The van der Waals surface area contributed by atoms with Gasteiger partial charge >= 0.3 is 0 Å². The molecule has 0 bridgehead atoms. The molecule has 3 aromatic carbocycles. The highest BCUT2D eigenvalue weighted by Gasteiger charge is 2.16. The summed E-state index contributed by atoms with van der Waals surface area (Å²) in [6.45, 7) is 8.90. The van der Waals surface area contributed by atoms with Crippen LogP contribution in [-0.4, -0.2) is 5.91 Å². The van der Waals surface area contributed by atoms with E-state index in [0.29, 0.717) is 22.9 Å². The Bertz CT molecular complexity index is 1010. The van der Waals surface area contributed by atoms with E-state index in [9.17, 15) is 4.79 Å². The molecule has 0 unspecified atom stereocenters. The van der Waals surface area contributed by atoms with Crippen molar-refractivity contribution in [1.29, 1.82) is 0 Å². The van der Waals surface area contributed by atoms with Crippen LogP contribution in [0.4, 0.5) is 0 Å². The molecule has 1 atom stereocenters. The van der Waals surface area contributed by atoms with Gasteiger partial charge in [0.2, 0.25) is 0 Å². The normalized spacial score (nSPS) is 12.3. The Kier molecular flexibility index (Phi) is 6.84. The van der Waals surface area contributed by atoms with Gasteiger partial charge in [0.1, 0.15) is 12.4 Å². The first-order chi connectivity index (χ1) is 14.2. The van der Waals surface area contributed by atoms with Crippen molar-refractivity contribution in [3.05, 3.63) is 100 Å². The topological polar surface area (TPSA) is 38.3 Å². The summed E-state index contributed by atoms with van der Waals surface area (Å²) < 4.78 is 5.83. The molecule has 0 radical (unpaired) electrons. The minimum absolute atomic E-state index is 0.0979. The second-order valence-electron chi connectivity index (χ2n) is 8.48. The van der Waals surface area contributed by atoms with Crippen LogP contribution in [0.25, 0.3) is 0 Å². The maximum absolute atomic E-state index is 12.7. The predicted molar refractivity (Wildman–Crippen MR) is 123 cm³/mol. The van der Waals surface area contributed by atoms with Crippen LogP contribution in [0.2, 0.25) is 5.02 Å². The largest absolute Gasteiger partial charge is 0.489 e. The molecule has 0 aliphatic rings. The summed E-state index contributed by atoms with van der Waals surface area (Å²) in [6, 6.07) is 23.1. The zero-order chi connectivity index (χ0) is 21.7. The summed E-state index contributed by atoms with van der Waals surface area (Å²) in [4.78, 5) is 12.7.